The molecular weight excluding hydrogens is 443 g/mol. The maximum absolute atomic E-state index is 13.2. The van der Waals surface area contributed by atoms with Crippen molar-refractivity contribution in [1.29, 1.82) is 0 Å². The second kappa shape index (κ2) is 8.51. The van der Waals surface area contributed by atoms with Crippen molar-refractivity contribution in [2.75, 3.05) is 0 Å². The summed E-state index contributed by atoms with van der Waals surface area (Å²) >= 11 is 5.85. The third kappa shape index (κ3) is 4.38. The van der Waals surface area contributed by atoms with Crippen LogP contribution in [-0.4, -0.2) is 10.5 Å². The quantitative estimate of drug-likeness (QED) is 0.352. The third-order valence-electron chi connectivity index (χ3n) is 4.88. The summed E-state index contributed by atoms with van der Waals surface area (Å²) in [4.78, 5) is 25.9. The van der Waals surface area contributed by atoms with Gasteiger partial charge in [-0.3, -0.25) is 9.36 Å². The van der Waals surface area contributed by atoms with E-state index in [1.54, 1.807) is 42.5 Å². The molecule has 0 aliphatic rings. The van der Waals surface area contributed by atoms with Crippen molar-refractivity contribution in [2.24, 2.45) is 0 Å². The van der Waals surface area contributed by atoms with Crippen molar-refractivity contribution >= 4 is 28.3 Å². The van der Waals surface area contributed by atoms with Crippen LogP contribution >= 0.6 is 11.6 Å². The molecule has 0 radical (unpaired) electrons. The Balaban J connectivity index is 1.78. The number of pyridine rings is 1. The number of halogens is 4. The number of hydrogen-bond acceptors (Lipinski definition) is 3. The van der Waals surface area contributed by atoms with Gasteiger partial charge in [0.1, 0.15) is 6.61 Å². The van der Waals surface area contributed by atoms with E-state index >= 15 is 0 Å². The normalized spacial score (nSPS) is 11.5. The lowest BCUT2D eigenvalue weighted by Gasteiger charge is -2.14. The number of benzene rings is 3. The molecule has 0 fully saturated rings. The van der Waals surface area contributed by atoms with Crippen LogP contribution in [0.1, 0.15) is 21.5 Å². The molecule has 0 saturated heterocycles. The number of aromatic nitrogens is 1. The Bertz CT molecular complexity index is 1360. The van der Waals surface area contributed by atoms with Crippen LogP contribution in [-0.2, 0) is 17.5 Å². The van der Waals surface area contributed by atoms with Gasteiger partial charge < -0.3 is 4.74 Å². The highest BCUT2D eigenvalue weighted by atomic mass is 35.5. The summed E-state index contributed by atoms with van der Waals surface area (Å²) in [5.41, 5.74) is -0.691. The van der Waals surface area contributed by atoms with Crippen molar-refractivity contribution in [3.05, 3.63) is 111 Å². The molecule has 0 N–H and O–H groups in total. The Labute approximate surface area is 185 Å². The van der Waals surface area contributed by atoms with Crippen LogP contribution in [0.3, 0.4) is 0 Å². The molecule has 0 spiro atoms. The second-order valence-electron chi connectivity index (χ2n) is 7.01. The molecule has 4 rings (SSSR count). The van der Waals surface area contributed by atoms with Crippen LogP contribution in [0.25, 0.3) is 16.5 Å². The maximum atomic E-state index is 13.2. The molecule has 0 atom stereocenters. The van der Waals surface area contributed by atoms with Crippen LogP contribution in [0, 0.1) is 0 Å². The van der Waals surface area contributed by atoms with Gasteiger partial charge >= 0.3 is 12.1 Å². The fraction of sp³-hybridized carbons (Fsp3) is 0.0833. The van der Waals surface area contributed by atoms with E-state index in [0.29, 0.717) is 16.0 Å². The number of carbonyl (C=O) groups excluding carboxylic acids is 1. The molecular formula is C24H15ClF3NO3. The fourth-order valence-electron chi connectivity index (χ4n) is 3.29. The summed E-state index contributed by atoms with van der Waals surface area (Å²) in [7, 11) is 0. The number of alkyl halides is 3. The SMILES string of the molecule is O=C(OCc1ccc(Cl)cc1)c1cn(-c2cccc(C(F)(F)F)c2)c(=O)c2ccccc12. The lowest BCUT2D eigenvalue weighted by molar-refractivity contribution is -0.137. The van der Waals surface area contributed by atoms with Crippen molar-refractivity contribution in [3.63, 3.8) is 0 Å². The van der Waals surface area contributed by atoms with Gasteiger partial charge in [0.05, 0.1) is 11.1 Å². The van der Waals surface area contributed by atoms with Gasteiger partial charge in [-0.2, -0.15) is 13.2 Å². The zero-order chi connectivity index (χ0) is 22.9. The average molecular weight is 458 g/mol. The number of hydrogen-bond donors (Lipinski definition) is 0. The van der Waals surface area contributed by atoms with Crippen LogP contribution in [0.2, 0.25) is 5.02 Å². The minimum Gasteiger partial charge on any atom is -0.457 e. The summed E-state index contributed by atoms with van der Waals surface area (Å²) in [6.45, 7) is -0.0347. The predicted molar refractivity (Wildman–Crippen MR) is 115 cm³/mol. The highest BCUT2D eigenvalue weighted by Crippen LogP contribution is 2.30. The molecule has 0 aliphatic heterocycles. The Morgan fingerprint density at radius 2 is 1.62 bits per heavy atom. The molecule has 0 bridgehead atoms. The average Bonchev–Trinajstić information content (AvgIpc) is 2.78. The zero-order valence-electron chi connectivity index (χ0n) is 16.4. The molecule has 162 valence electrons. The standard InChI is InChI=1S/C24H15ClF3NO3/c25-17-10-8-15(9-11-17)14-32-23(31)21-13-29(22(30)20-7-2-1-6-19(20)21)18-5-3-4-16(12-18)24(26,27)28/h1-13H,14H2. The summed E-state index contributed by atoms with van der Waals surface area (Å²) in [5, 5.41) is 1.08. The van der Waals surface area contributed by atoms with Crippen molar-refractivity contribution in [1.82, 2.24) is 4.57 Å². The fourth-order valence-corrected chi connectivity index (χ4v) is 3.41. The Kier molecular flexibility index (Phi) is 5.76. The summed E-state index contributed by atoms with van der Waals surface area (Å²) in [6.07, 6.45) is -3.36. The largest absolute Gasteiger partial charge is 0.457 e. The number of carbonyl (C=O) groups is 1. The molecule has 1 aromatic heterocycles. The van der Waals surface area contributed by atoms with E-state index < -0.39 is 23.3 Å². The van der Waals surface area contributed by atoms with E-state index in [4.69, 9.17) is 16.3 Å². The van der Waals surface area contributed by atoms with Crippen LogP contribution in [0.5, 0.6) is 0 Å². The third-order valence-corrected chi connectivity index (χ3v) is 5.13. The van der Waals surface area contributed by atoms with Crippen LogP contribution in [0.15, 0.2) is 83.8 Å². The molecule has 0 aliphatic carbocycles. The van der Waals surface area contributed by atoms with E-state index in [0.717, 1.165) is 16.7 Å². The van der Waals surface area contributed by atoms with Gasteiger partial charge in [-0.15, -0.1) is 0 Å². The van der Waals surface area contributed by atoms with Crippen molar-refractivity contribution in [2.45, 2.75) is 12.8 Å². The first kappa shape index (κ1) is 21.6. The Morgan fingerprint density at radius 1 is 0.938 bits per heavy atom. The molecule has 4 aromatic rings. The topological polar surface area (TPSA) is 48.3 Å². The second-order valence-corrected chi connectivity index (χ2v) is 7.45. The van der Waals surface area contributed by atoms with Gasteiger partial charge in [0.15, 0.2) is 0 Å². The summed E-state index contributed by atoms with van der Waals surface area (Å²) < 4.78 is 45.9. The van der Waals surface area contributed by atoms with Gasteiger partial charge in [0.25, 0.3) is 5.56 Å². The molecule has 0 unspecified atom stereocenters. The Hall–Kier alpha value is -3.58. The minimum absolute atomic E-state index is 0.0117. The lowest BCUT2D eigenvalue weighted by atomic mass is 10.1. The first-order chi connectivity index (χ1) is 15.2. The van der Waals surface area contributed by atoms with Gasteiger partial charge in [-0.25, -0.2) is 4.79 Å². The number of nitrogens with zero attached hydrogens (tertiary/aromatic N) is 1. The predicted octanol–water partition coefficient (Wildman–Crippen LogP) is 6.02. The minimum atomic E-state index is -4.57. The first-order valence-corrected chi connectivity index (χ1v) is 9.85. The highest BCUT2D eigenvalue weighted by Gasteiger charge is 2.30. The molecule has 3 aromatic carbocycles. The lowest BCUT2D eigenvalue weighted by Crippen LogP contribution is -2.21. The van der Waals surface area contributed by atoms with Crippen molar-refractivity contribution < 1.29 is 22.7 Å². The van der Waals surface area contributed by atoms with Gasteiger partial charge in [0.2, 0.25) is 0 Å². The summed E-state index contributed by atoms with van der Waals surface area (Å²) in [5.74, 6) is -0.711. The highest BCUT2D eigenvalue weighted by molar-refractivity contribution is 6.30. The molecule has 0 amide bonds. The van der Waals surface area contributed by atoms with Crippen LogP contribution in [0.4, 0.5) is 13.2 Å². The monoisotopic (exact) mass is 457 g/mol. The van der Waals surface area contributed by atoms with E-state index in [9.17, 15) is 22.8 Å². The van der Waals surface area contributed by atoms with Crippen LogP contribution < -0.4 is 5.56 Å². The van der Waals surface area contributed by atoms with Gasteiger partial charge in [-0.1, -0.05) is 48.0 Å². The van der Waals surface area contributed by atoms with Gasteiger partial charge in [0, 0.05) is 27.7 Å². The van der Waals surface area contributed by atoms with E-state index in [-0.39, 0.29) is 23.2 Å². The molecule has 0 saturated carbocycles. The zero-order valence-corrected chi connectivity index (χ0v) is 17.2. The molecule has 8 heteroatoms. The number of ether oxygens (including phenoxy) is 1. The number of rotatable bonds is 4. The van der Waals surface area contributed by atoms with E-state index in [1.165, 1.54) is 24.4 Å². The smallest absolute Gasteiger partial charge is 0.416 e. The number of fused-ring (bicyclic) bond motifs is 1. The molecule has 32 heavy (non-hydrogen) atoms. The molecule has 1 heterocycles. The number of esters is 1. The summed E-state index contributed by atoms with van der Waals surface area (Å²) in [6, 6.07) is 17.5. The van der Waals surface area contributed by atoms with Gasteiger partial charge in [-0.05, 0) is 42.0 Å². The van der Waals surface area contributed by atoms with E-state index in [2.05, 4.69) is 0 Å². The maximum Gasteiger partial charge on any atom is 0.416 e. The first-order valence-electron chi connectivity index (χ1n) is 9.47. The molecule has 4 nitrogen and oxygen atoms in total. The van der Waals surface area contributed by atoms with E-state index in [1.807, 2.05) is 0 Å². The Morgan fingerprint density at radius 3 is 2.31 bits per heavy atom. The van der Waals surface area contributed by atoms with Crippen molar-refractivity contribution in [3.8, 4) is 5.69 Å².